The molecule has 1 aromatic heterocycles. The molecular formula is C23H28N6. The van der Waals surface area contributed by atoms with Crippen LogP contribution >= 0.6 is 0 Å². The summed E-state index contributed by atoms with van der Waals surface area (Å²) < 4.78 is 0. The molecule has 0 radical (unpaired) electrons. The minimum atomic E-state index is 0.474. The highest BCUT2D eigenvalue weighted by Gasteiger charge is 2.22. The molecule has 150 valence electrons. The summed E-state index contributed by atoms with van der Waals surface area (Å²) in [5.74, 6) is 2.32. The maximum absolute atomic E-state index is 4.41. The van der Waals surface area contributed by atoms with E-state index in [1.54, 1.807) is 0 Å². The molecule has 1 aliphatic rings. The molecule has 1 heterocycles. The van der Waals surface area contributed by atoms with Crippen LogP contribution in [-0.2, 0) is 6.54 Å². The van der Waals surface area contributed by atoms with Gasteiger partial charge < -0.3 is 10.6 Å². The van der Waals surface area contributed by atoms with Gasteiger partial charge in [-0.2, -0.15) is 5.10 Å². The molecule has 4 rings (SSSR count). The summed E-state index contributed by atoms with van der Waals surface area (Å²) in [7, 11) is 1.83. The van der Waals surface area contributed by atoms with Gasteiger partial charge in [0, 0.05) is 25.2 Å². The van der Waals surface area contributed by atoms with Gasteiger partial charge in [0.15, 0.2) is 11.8 Å². The molecule has 1 saturated carbocycles. The predicted molar refractivity (Wildman–Crippen MR) is 117 cm³/mol. The lowest BCUT2D eigenvalue weighted by molar-refractivity contribution is 0.371. The van der Waals surface area contributed by atoms with E-state index in [2.05, 4.69) is 73.3 Å². The number of benzene rings is 2. The van der Waals surface area contributed by atoms with E-state index in [-0.39, 0.29) is 0 Å². The maximum atomic E-state index is 4.41. The molecule has 6 nitrogen and oxygen atoms in total. The molecule has 6 heteroatoms. The molecule has 0 saturated heterocycles. The Bertz CT molecular complexity index is 912. The molecule has 0 atom stereocenters. The van der Waals surface area contributed by atoms with Gasteiger partial charge in [-0.3, -0.25) is 10.1 Å². The normalized spacial score (nSPS) is 19.7. The van der Waals surface area contributed by atoms with E-state index in [4.69, 9.17) is 0 Å². The SMILES string of the molecule is CN=C(NCc1cccc(-c2ncn[nH]2)c1)NC1CCC(c2ccccc2)CC1. The number of guanidine groups is 1. The third-order valence-electron chi connectivity index (χ3n) is 5.64. The van der Waals surface area contributed by atoms with Crippen molar-refractivity contribution in [3.63, 3.8) is 0 Å². The molecule has 2 aromatic carbocycles. The molecule has 1 fully saturated rings. The highest BCUT2D eigenvalue weighted by Crippen LogP contribution is 2.32. The summed E-state index contributed by atoms with van der Waals surface area (Å²) in [4.78, 5) is 8.63. The highest BCUT2D eigenvalue weighted by molar-refractivity contribution is 5.80. The fourth-order valence-corrected chi connectivity index (χ4v) is 4.04. The van der Waals surface area contributed by atoms with Crippen molar-refractivity contribution in [3.05, 3.63) is 72.1 Å². The molecule has 0 spiro atoms. The van der Waals surface area contributed by atoms with Crippen molar-refractivity contribution < 1.29 is 0 Å². The number of hydrogen-bond acceptors (Lipinski definition) is 3. The summed E-state index contributed by atoms with van der Waals surface area (Å²) in [5.41, 5.74) is 3.68. The smallest absolute Gasteiger partial charge is 0.191 e. The lowest BCUT2D eigenvalue weighted by Gasteiger charge is -2.30. The molecule has 0 unspecified atom stereocenters. The van der Waals surface area contributed by atoms with Crippen LogP contribution in [0.25, 0.3) is 11.4 Å². The Morgan fingerprint density at radius 1 is 1.07 bits per heavy atom. The molecule has 1 aliphatic carbocycles. The zero-order valence-electron chi connectivity index (χ0n) is 16.8. The van der Waals surface area contributed by atoms with Crippen LogP contribution in [0.3, 0.4) is 0 Å². The minimum Gasteiger partial charge on any atom is -0.354 e. The van der Waals surface area contributed by atoms with Crippen molar-refractivity contribution in [1.82, 2.24) is 25.8 Å². The summed E-state index contributed by atoms with van der Waals surface area (Å²) >= 11 is 0. The van der Waals surface area contributed by atoms with Crippen LogP contribution in [0.15, 0.2) is 65.9 Å². The van der Waals surface area contributed by atoms with Crippen LogP contribution in [0.4, 0.5) is 0 Å². The van der Waals surface area contributed by atoms with Crippen LogP contribution in [0.2, 0.25) is 0 Å². The summed E-state index contributed by atoms with van der Waals surface area (Å²) in [6.45, 7) is 0.709. The van der Waals surface area contributed by atoms with E-state index in [0.29, 0.717) is 18.5 Å². The average Bonchev–Trinajstić information content (AvgIpc) is 3.33. The quantitative estimate of drug-likeness (QED) is 0.458. The van der Waals surface area contributed by atoms with E-state index in [1.165, 1.54) is 43.1 Å². The second-order valence-electron chi connectivity index (χ2n) is 7.56. The topological polar surface area (TPSA) is 78.0 Å². The lowest BCUT2D eigenvalue weighted by Crippen LogP contribution is -2.44. The Morgan fingerprint density at radius 2 is 1.90 bits per heavy atom. The Kier molecular flexibility index (Phi) is 6.19. The first-order valence-corrected chi connectivity index (χ1v) is 10.3. The van der Waals surface area contributed by atoms with E-state index < -0.39 is 0 Å². The summed E-state index contributed by atoms with van der Waals surface area (Å²) in [6.07, 6.45) is 6.30. The number of nitrogens with one attached hydrogen (secondary N) is 3. The number of aliphatic imine (C=N–C) groups is 1. The first-order valence-electron chi connectivity index (χ1n) is 10.3. The number of H-pyrrole nitrogens is 1. The van der Waals surface area contributed by atoms with E-state index in [1.807, 2.05) is 19.2 Å². The van der Waals surface area contributed by atoms with Gasteiger partial charge in [-0.1, -0.05) is 48.5 Å². The average molecular weight is 389 g/mol. The van der Waals surface area contributed by atoms with Crippen LogP contribution in [0, 0.1) is 0 Å². The molecule has 3 aromatic rings. The van der Waals surface area contributed by atoms with Gasteiger partial charge in [-0.25, -0.2) is 4.98 Å². The van der Waals surface area contributed by atoms with E-state index >= 15 is 0 Å². The first-order chi connectivity index (χ1) is 14.3. The van der Waals surface area contributed by atoms with Gasteiger partial charge in [0.2, 0.25) is 0 Å². The fraction of sp³-hybridized carbons (Fsp3) is 0.348. The van der Waals surface area contributed by atoms with Crippen molar-refractivity contribution in [2.24, 2.45) is 4.99 Å². The van der Waals surface area contributed by atoms with Crippen LogP contribution in [0.1, 0.15) is 42.7 Å². The maximum Gasteiger partial charge on any atom is 0.191 e. The lowest BCUT2D eigenvalue weighted by atomic mass is 9.82. The van der Waals surface area contributed by atoms with Crippen LogP contribution < -0.4 is 10.6 Å². The number of nitrogens with zero attached hydrogens (tertiary/aromatic N) is 3. The summed E-state index contributed by atoms with van der Waals surface area (Å²) in [6, 6.07) is 19.6. The zero-order chi connectivity index (χ0) is 19.9. The van der Waals surface area contributed by atoms with Crippen molar-refractivity contribution >= 4 is 5.96 Å². The van der Waals surface area contributed by atoms with Crippen LogP contribution in [-0.4, -0.2) is 34.2 Å². The van der Waals surface area contributed by atoms with Gasteiger partial charge in [0.25, 0.3) is 0 Å². The number of hydrogen-bond donors (Lipinski definition) is 3. The molecule has 29 heavy (non-hydrogen) atoms. The Hall–Kier alpha value is -3.15. The second kappa shape index (κ2) is 9.37. The van der Waals surface area contributed by atoms with Crippen molar-refractivity contribution in [2.45, 2.75) is 44.2 Å². The minimum absolute atomic E-state index is 0.474. The third-order valence-corrected chi connectivity index (χ3v) is 5.64. The largest absolute Gasteiger partial charge is 0.354 e. The third kappa shape index (κ3) is 5.02. The van der Waals surface area contributed by atoms with Crippen molar-refractivity contribution in [1.29, 1.82) is 0 Å². The predicted octanol–water partition coefficient (Wildman–Crippen LogP) is 3.86. The Balaban J connectivity index is 1.28. The fourth-order valence-electron chi connectivity index (χ4n) is 4.04. The Morgan fingerprint density at radius 3 is 2.62 bits per heavy atom. The van der Waals surface area contributed by atoms with Crippen LogP contribution in [0.5, 0.6) is 0 Å². The number of rotatable bonds is 5. The molecular weight excluding hydrogens is 360 g/mol. The van der Waals surface area contributed by atoms with Crippen molar-refractivity contribution in [3.8, 4) is 11.4 Å². The molecule has 3 N–H and O–H groups in total. The first kappa shape index (κ1) is 19.2. The molecule has 0 bridgehead atoms. The van der Waals surface area contributed by atoms with Gasteiger partial charge in [0.1, 0.15) is 6.33 Å². The number of aromatic nitrogens is 3. The van der Waals surface area contributed by atoms with Gasteiger partial charge in [-0.15, -0.1) is 0 Å². The standard InChI is InChI=1S/C23H28N6/c1-24-23(25-15-17-6-5-9-20(14-17)22-26-16-27-29-22)28-21-12-10-19(11-13-21)18-7-3-2-4-8-18/h2-9,14,16,19,21H,10-13,15H2,1H3,(H2,24,25,28)(H,26,27,29). The Labute approximate surface area is 171 Å². The highest BCUT2D eigenvalue weighted by atomic mass is 15.2. The van der Waals surface area contributed by atoms with Crippen molar-refractivity contribution in [2.75, 3.05) is 7.05 Å². The second-order valence-corrected chi connectivity index (χ2v) is 7.56. The van der Waals surface area contributed by atoms with E-state index in [0.717, 1.165) is 17.3 Å². The van der Waals surface area contributed by atoms with E-state index in [9.17, 15) is 0 Å². The van der Waals surface area contributed by atoms with Gasteiger partial charge in [-0.05, 0) is 48.8 Å². The van der Waals surface area contributed by atoms with Gasteiger partial charge >= 0.3 is 0 Å². The van der Waals surface area contributed by atoms with Gasteiger partial charge in [0.05, 0.1) is 0 Å². The summed E-state index contributed by atoms with van der Waals surface area (Å²) in [5, 5.41) is 13.9. The number of aromatic amines is 1. The molecule has 0 amide bonds. The monoisotopic (exact) mass is 388 g/mol. The molecule has 0 aliphatic heterocycles. The zero-order valence-corrected chi connectivity index (χ0v) is 16.8.